The van der Waals surface area contributed by atoms with Gasteiger partial charge in [0, 0.05) is 12.7 Å². The van der Waals surface area contributed by atoms with Crippen molar-refractivity contribution in [3.05, 3.63) is 12.4 Å². The highest BCUT2D eigenvalue weighted by Crippen LogP contribution is 2.14. The van der Waals surface area contributed by atoms with Gasteiger partial charge in [-0.05, 0) is 19.3 Å². The maximum Gasteiger partial charge on any atom is 0.218 e. The van der Waals surface area contributed by atoms with Gasteiger partial charge in [0.1, 0.15) is 18.8 Å². The van der Waals surface area contributed by atoms with Crippen molar-refractivity contribution < 1.29 is 9.47 Å². The molecule has 1 unspecified atom stereocenters. The van der Waals surface area contributed by atoms with Crippen molar-refractivity contribution in [1.29, 1.82) is 0 Å². The van der Waals surface area contributed by atoms with Gasteiger partial charge in [0.05, 0.1) is 6.10 Å². The second-order valence-electron chi connectivity index (χ2n) is 3.58. The molecule has 1 fully saturated rings. The lowest BCUT2D eigenvalue weighted by Gasteiger charge is -2.22. The number of nitrogens with zero attached hydrogens (tertiary/aromatic N) is 2. The number of nitrogen functional groups attached to an aromatic ring is 1. The summed E-state index contributed by atoms with van der Waals surface area (Å²) in [6.45, 7) is 1.37. The average Bonchev–Trinajstić information content (AvgIpc) is 2.28. The van der Waals surface area contributed by atoms with Crippen LogP contribution in [0.5, 0.6) is 5.88 Å². The Bertz CT molecular complexity index is 313. The molecule has 0 amide bonds. The summed E-state index contributed by atoms with van der Waals surface area (Å²) in [6.07, 6.45) is 5.00. The first-order chi connectivity index (χ1) is 7.34. The largest absolute Gasteiger partial charge is 0.475 e. The van der Waals surface area contributed by atoms with Gasteiger partial charge in [0.25, 0.3) is 0 Å². The third-order valence-corrected chi connectivity index (χ3v) is 2.35. The summed E-state index contributed by atoms with van der Waals surface area (Å²) in [5, 5.41) is 0. The van der Waals surface area contributed by atoms with Crippen LogP contribution in [-0.4, -0.2) is 29.3 Å². The minimum atomic E-state index is 0.190. The number of hydrogen-bond acceptors (Lipinski definition) is 5. The van der Waals surface area contributed by atoms with E-state index in [1.54, 1.807) is 6.07 Å². The Morgan fingerprint density at radius 3 is 3.13 bits per heavy atom. The first kappa shape index (κ1) is 10.2. The van der Waals surface area contributed by atoms with Crippen molar-refractivity contribution in [2.24, 2.45) is 0 Å². The molecular formula is C10H15N3O2. The minimum Gasteiger partial charge on any atom is -0.475 e. The van der Waals surface area contributed by atoms with Crippen LogP contribution in [0.4, 0.5) is 5.82 Å². The molecule has 1 aliphatic rings. The van der Waals surface area contributed by atoms with E-state index in [1.165, 1.54) is 12.7 Å². The summed E-state index contributed by atoms with van der Waals surface area (Å²) in [4.78, 5) is 7.75. The van der Waals surface area contributed by atoms with Crippen LogP contribution in [0.1, 0.15) is 19.3 Å². The molecule has 5 nitrogen and oxygen atoms in total. The molecule has 2 rings (SSSR count). The molecule has 2 N–H and O–H groups in total. The van der Waals surface area contributed by atoms with Gasteiger partial charge in [-0.15, -0.1) is 0 Å². The zero-order chi connectivity index (χ0) is 10.5. The molecule has 0 aliphatic carbocycles. The molecule has 1 atom stereocenters. The SMILES string of the molecule is Nc1cc(OCC2CCCCO2)ncn1. The smallest absolute Gasteiger partial charge is 0.218 e. The maximum atomic E-state index is 5.53. The molecule has 0 bridgehead atoms. The third kappa shape index (κ3) is 3.06. The first-order valence-electron chi connectivity index (χ1n) is 5.16. The Morgan fingerprint density at radius 1 is 1.47 bits per heavy atom. The van der Waals surface area contributed by atoms with Gasteiger partial charge in [-0.3, -0.25) is 0 Å². The number of hydrogen-bond donors (Lipinski definition) is 1. The predicted octanol–water partition coefficient (Wildman–Crippen LogP) is 1.01. The lowest BCUT2D eigenvalue weighted by atomic mass is 10.1. The number of nitrogens with two attached hydrogens (primary N) is 1. The van der Waals surface area contributed by atoms with E-state index in [4.69, 9.17) is 15.2 Å². The molecule has 5 heteroatoms. The third-order valence-electron chi connectivity index (χ3n) is 2.35. The highest BCUT2D eigenvalue weighted by molar-refractivity contribution is 5.30. The molecule has 1 aromatic heterocycles. The van der Waals surface area contributed by atoms with Gasteiger partial charge in [0.2, 0.25) is 5.88 Å². The van der Waals surface area contributed by atoms with Crippen LogP contribution in [0, 0.1) is 0 Å². The Morgan fingerprint density at radius 2 is 2.40 bits per heavy atom. The molecule has 0 aromatic carbocycles. The van der Waals surface area contributed by atoms with E-state index >= 15 is 0 Å². The fraction of sp³-hybridized carbons (Fsp3) is 0.600. The second kappa shape index (κ2) is 4.93. The van der Waals surface area contributed by atoms with Gasteiger partial charge in [-0.1, -0.05) is 0 Å². The van der Waals surface area contributed by atoms with Crippen molar-refractivity contribution in [2.75, 3.05) is 18.9 Å². The van der Waals surface area contributed by atoms with Gasteiger partial charge >= 0.3 is 0 Å². The highest BCUT2D eigenvalue weighted by atomic mass is 16.5. The van der Waals surface area contributed by atoms with E-state index in [2.05, 4.69) is 9.97 Å². The quantitative estimate of drug-likeness (QED) is 0.804. The Labute approximate surface area is 88.6 Å². The molecule has 0 radical (unpaired) electrons. The molecule has 1 aromatic rings. The number of ether oxygens (including phenoxy) is 2. The van der Waals surface area contributed by atoms with Crippen LogP contribution in [0.2, 0.25) is 0 Å². The summed E-state index contributed by atoms with van der Waals surface area (Å²) in [6, 6.07) is 1.61. The Balaban J connectivity index is 1.81. The summed E-state index contributed by atoms with van der Waals surface area (Å²) in [5.74, 6) is 0.932. The summed E-state index contributed by atoms with van der Waals surface area (Å²) >= 11 is 0. The van der Waals surface area contributed by atoms with E-state index in [-0.39, 0.29) is 6.10 Å². The number of rotatable bonds is 3. The van der Waals surface area contributed by atoms with Crippen LogP contribution in [0.25, 0.3) is 0 Å². The van der Waals surface area contributed by atoms with E-state index in [9.17, 15) is 0 Å². The molecule has 0 spiro atoms. The van der Waals surface area contributed by atoms with E-state index in [1.807, 2.05) is 0 Å². The van der Waals surface area contributed by atoms with Crippen LogP contribution >= 0.6 is 0 Å². The van der Waals surface area contributed by atoms with Crippen LogP contribution in [-0.2, 0) is 4.74 Å². The van der Waals surface area contributed by atoms with Crippen molar-refractivity contribution in [3.63, 3.8) is 0 Å². The topological polar surface area (TPSA) is 70.3 Å². The zero-order valence-corrected chi connectivity index (χ0v) is 8.56. The Hall–Kier alpha value is -1.36. The van der Waals surface area contributed by atoms with Crippen molar-refractivity contribution in [1.82, 2.24) is 9.97 Å². The van der Waals surface area contributed by atoms with Gasteiger partial charge in [-0.25, -0.2) is 9.97 Å². The lowest BCUT2D eigenvalue weighted by molar-refractivity contribution is -0.0119. The highest BCUT2D eigenvalue weighted by Gasteiger charge is 2.14. The zero-order valence-electron chi connectivity index (χ0n) is 8.56. The van der Waals surface area contributed by atoms with Crippen LogP contribution in [0.3, 0.4) is 0 Å². The molecular weight excluding hydrogens is 194 g/mol. The summed E-state index contributed by atoms with van der Waals surface area (Å²) in [7, 11) is 0. The predicted molar refractivity (Wildman–Crippen MR) is 55.5 cm³/mol. The van der Waals surface area contributed by atoms with Crippen molar-refractivity contribution in [2.45, 2.75) is 25.4 Å². The molecule has 15 heavy (non-hydrogen) atoms. The van der Waals surface area contributed by atoms with Crippen LogP contribution < -0.4 is 10.5 Å². The van der Waals surface area contributed by atoms with Crippen LogP contribution in [0.15, 0.2) is 12.4 Å². The van der Waals surface area contributed by atoms with Gasteiger partial charge in [-0.2, -0.15) is 0 Å². The standard InChI is InChI=1S/C10H15N3O2/c11-9-5-10(13-7-12-9)15-6-8-3-1-2-4-14-8/h5,7-8H,1-4,6H2,(H2,11,12,13). The molecule has 0 saturated carbocycles. The number of aromatic nitrogens is 2. The van der Waals surface area contributed by atoms with Crippen molar-refractivity contribution >= 4 is 5.82 Å². The van der Waals surface area contributed by atoms with Crippen molar-refractivity contribution in [3.8, 4) is 5.88 Å². The number of anilines is 1. The summed E-state index contributed by atoms with van der Waals surface area (Å²) in [5.41, 5.74) is 5.50. The summed E-state index contributed by atoms with van der Waals surface area (Å²) < 4.78 is 11.0. The second-order valence-corrected chi connectivity index (χ2v) is 3.58. The first-order valence-corrected chi connectivity index (χ1v) is 5.16. The molecule has 82 valence electrons. The monoisotopic (exact) mass is 209 g/mol. The average molecular weight is 209 g/mol. The molecule has 2 heterocycles. The minimum absolute atomic E-state index is 0.190. The van der Waals surface area contributed by atoms with E-state index in [0.717, 1.165) is 19.4 Å². The maximum absolute atomic E-state index is 5.53. The van der Waals surface area contributed by atoms with Gasteiger partial charge in [0.15, 0.2) is 0 Å². The molecule has 1 saturated heterocycles. The van der Waals surface area contributed by atoms with E-state index < -0.39 is 0 Å². The fourth-order valence-corrected chi connectivity index (χ4v) is 1.55. The lowest BCUT2D eigenvalue weighted by Crippen LogP contribution is -2.26. The fourth-order valence-electron chi connectivity index (χ4n) is 1.55. The molecule has 1 aliphatic heterocycles. The van der Waals surface area contributed by atoms with E-state index in [0.29, 0.717) is 18.3 Å². The van der Waals surface area contributed by atoms with Gasteiger partial charge < -0.3 is 15.2 Å². The normalized spacial score (nSPS) is 21.2. The Kier molecular flexibility index (Phi) is 3.34.